The maximum atomic E-state index is 8.87. The molecule has 0 amide bonds. The van der Waals surface area contributed by atoms with Crippen molar-refractivity contribution < 1.29 is 19.0 Å². The highest BCUT2D eigenvalue weighted by atomic mass is 79.9. The Labute approximate surface area is 561 Å². The molecule has 1 fully saturated rings. The number of allylic oxidation sites excluding steroid dienone is 1. The van der Waals surface area contributed by atoms with Gasteiger partial charge in [-0.2, -0.15) is 0 Å². The normalized spacial score (nSPS) is 12.4. The Morgan fingerprint density at radius 2 is 0.846 bits per heavy atom. The molecule has 1 aliphatic rings. The zero-order chi connectivity index (χ0) is 64.0. The monoisotopic (exact) mass is 1380 g/mol. The summed E-state index contributed by atoms with van der Waals surface area (Å²) < 4.78 is 19.6. The molecule has 0 aliphatic carbocycles. The summed E-state index contributed by atoms with van der Waals surface area (Å²) in [5, 5.41) is 8.87. The van der Waals surface area contributed by atoms with Crippen molar-refractivity contribution in [2.24, 2.45) is 0 Å². The van der Waals surface area contributed by atoms with Gasteiger partial charge in [-0.3, -0.25) is 9.97 Å². The smallest absolute Gasteiger partial charge is 0.537 e. The Balaban J connectivity index is 0.000000147. The van der Waals surface area contributed by atoms with Crippen molar-refractivity contribution in [3.05, 3.63) is 310 Å². The Bertz CT molecular complexity index is 4260. The van der Waals surface area contributed by atoms with Crippen molar-refractivity contribution in [3.63, 3.8) is 0 Å². The molecule has 7 aromatic carbocycles. The fraction of sp³-hybridized carbons (Fsp3) is 0.104. The second-order valence-electron chi connectivity index (χ2n) is 22.1. The molecule has 14 heteroatoms. The standard InChI is InChI=1S/C32H26N2.C17H13BNO2.C12H17BO2.C11H8BrN.C5H3Br2N/c1-23(2)20-24-18-19-33-32(21-24)27-13-8-12-26(22-27)28-14-6-7-15-29(28)31-17-9-16-30(34-31)25-10-4-3-5-11-25;20-18-21-17-10-2-1-8-15(17)13-6-5-7-14(12-13)16-9-3-4-11-19-16;1-11(2)12(3,4)15-13(14-11)10-8-6-5-7-9-10;12-11-8-4-7-10(13-11)9-5-2-1-3-6-9;6-4-2-1-3-5(7)8-4/h3-22H,1-2H3;1-12,20H;5-9H,1-4H3;1-8H;1-3H. The molecule has 1 N–H and O–H groups in total. The van der Waals surface area contributed by atoms with E-state index in [9.17, 15) is 0 Å². The van der Waals surface area contributed by atoms with Gasteiger partial charge >= 0.3 is 14.8 Å². The Kier molecular flexibility index (Phi) is 24.1. The first kappa shape index (κ1) is 66.7. The van der Waals surface area contributed by atoms with E-state index in [0.29, 0.717) is 13.4 Å². The maximum absolute atomic E-state index is 8.87. The molecule has 6 heterocycles. The molecule has 0 spiro atoms. The second kappa shape index (κ2) is 32.8. The number of hydrogen-bond acceptors (Lipinski definition) is 9. The van der Waals surface area contributed by atoms with Crippen LogP contribution in [0.5, 0.6) is 5.75 Å². The second-order valence-corrected chi connectivity index (χ2v) is 24.5. The summed E-state index contributed by atoms with van der Waals surface area (Å²) in [6, 6.07) is 91.0. The van der Waals surface area contributed by atoms with Crippen molar-refractivity contribution in [3.8, 4) is 84.3 Å². The first-order valence-corrected chi connectivity index (χ1v) is 31.9. The molecule has 5 aromatic heterocycles. The van der Waals surface area contributed by atoms with Crippen LogP contribution in [0.4, 0.5) is 0 Å². The van der Waals surface area contributed by atoms with Gasteiger partial charge < -0.3 is 19.0 Å². The van der Waals surface area contributed by atoms with Crippen LogP contribution in [0.2, 0.25) is 0 Å². The van der Waals surface area contributed by atoms with Gasteiger partial charge in [-0.25, -0.2) is 15.0 Å². The Hall–Kier alpha value is -8.72. The summed E-state index contributed by atoms with van der Waals surface area (Å²) in [6.45, 7) is 12.5. The highest BCUT2D eigenvalue weighted by Crippen LogP contribution is 2.38. The minimum Gasteiger partial charge on any atom is -0.537 e. The molecular formula is C77H67B2Br3N5O4. The molecule has 1 aliphatic heterocycles. The number of para-hydroxylation sites is 1. The summed E-state index contributed by atoms with van der Waals surface area (Å²) in [5.74, 6) is 0.609. The molecular weight excluding hydrogens is 1320 g/mol. The van der Waals surface area contributed by atoms with Crippen LogP contribution in [-0.2, 0) is 9.31 Å². The lowest BCUT2D eigenvalue weighted by atomic mass is 9.79. The lowest BCUT2D eigenvalue weighted by Crippen LogP contribution is -2.41. The van der Waals surface area contributed by atoms with Crippen LogP contribution in [0.25, 0.3) is 84.6 Å². The summed E-state index contributed by atoms with van der Waals surface area (Å²) >= 11 is 9.79. The van der Waals surface area contributed by atoms with E-state index >= 15 is 0 Å². The molecule has 1 radical (unpaired) electrons. The molecule has 0 bridgehead atoms. The van der Waals surface area contributed by atoms with E-state index in [1.165, 1.54) is 5.57 Å². The van der Waals surface area contributed by atoms with Crippen LogP contribution in [0.3, 0.4) is 0 Å². The van der Waals surface area contributed by atoms with Gasteiger partial charge in [0.15, 0.2) is 0 Å². The quantitative estimate of drug-likeness (QED) is 0.0999. The number of benzene rings is 7. The fourth-order valence-corrected chi connectivity index (χ4v) is 10.9. The van der Waals surface area contributed by atoms with E-state index in [2.05, 4.69) is 218 Å². The largest absolute Gasteiger partial charge is 0.569 e. The molecule has 13 rings (SSSR count). The SMILES string of the molecule is Brc1cccc(-c2ccccc2)n1.Brc1cccc(Br)n1.CC(C)=Cc1ccnc(-c2cccc(-c3ccccc3-c3cccc(-c4ccccc4)n3)c2)c1.CC1(C)OB(c2ccccc2)OC1(C)C.O[B]Oc1ccccc1-c1cccc(-c2ccccn2)c1. The van der Waals surface area contributed by atoms with Crippen LogP contribution in [0, 0.1) is 0 Å². The van der Waals surface area contributed by atoms with Crippen molar-refractivity contribution >= 4 is 74.1 Å². The van der Waals surface area contributed by atoms with Gasteiger partial charge in [0, 0.05) is 45.8 Å². The van der Waals surface area contributed by atoms with Crippen molar-refractivity contribution in [2.45, 2.75) is 52.7 Å². The van der Waals surface area contributed by atoms with Gasteiger partial charge in [0.1, 0.15) is 19.6 Å². The molecule has 12 aromatic rings. The van der Waals surface area contributed by atoms with E-state index in [0.717, 1.165) is 103 Å². The highest BCUT2D eigenvalue weighted by Gasteiger charge is 2.51. The van der Waals surface area contributed by atoms with E-state index in [1.54, 1.807) is 6.20 Å². The average molecular weight is 1390 g/mol. The predicted molar refractivity (Wildman–Crippen MR) is 386 cm³/mol. The molecule has 91 heavy (non-hydrogen) atoms. The van der Waals surface area contributed by atoms with Crippen LogP contribution in [-0.4, -0.2) is 55.9 Å². The first-order valence-electron chi connectivity index (χ1n) is 29.6. The summed E-state index contributed by atoms with van der Waals surface area (Å²) in [7, 11) is 0.456. The van der Waals surface area contributed by atoms with Crippen LogP contribution < -0.4 is 10.1 Å². The van der Waals surface area contributed by atoms with E-state index in [4.69, 9.17) is 24.0 Å². The van der Waals surface area contributed by atoms with Gasteiger partial charge in [-0.05, 0) is 196 Å². The molecule has 451 valence electrons. The van der Waals surface area contributed by atoms with Crippen LogP contribution in [0.15, 0.2) is 305 Å². The fourth-order valence-electron chi connectivity index (χ4n) is 9.58. The third-order valence-electron chi connectivity index (χ3n) is 14.7. The number of aromatic nitrogens is 5. The lowest BCUT2D eigenvalue weighted by Gasteiger charge is -2.32. The topological polar surface area (TPSA) is 112 Å². The Morgan fingerprint density at radius 3 is 1.41 bits per heavy atom. The third kappa shape index (κ3) is 19.2. The minimum absolute atomic E-state index is 0.240. The van der Waals surface area contributed by atoms with Crippen molar-refractivity contribution in [1.29, 1.82) is 0 Å². The van der Waals surface area contributed by atoms with Gasteiger partial charge in [0.25, 0.3) is 0 Å². The predicted octanol–water partition coefficient (Wildman–Crippen LogP) is 20.0. The van der Waals surface area contributed by atoms with E-state index in [-0.39, 0.29) is 18.3 Å². The van der Waals surface area contributed by atoms with Gasteiger partial charge in [-0.15, -0.1) is 0 Å². The van der Waals surface area contributed by atoms with Crippen LogP contribution >= 0.6 is 47.8 Å². The van der Waals surface area contributed by atoms with Crippen molar-refractivity contribution in [2.75, 3.05) is 0 Å². The van der Waals surface area contributed by atoms with Gasteiger partial charge in [-0.1, -0.05) is 206 Å². The zero-order valence-electron chi connectivity index (χ0n) is 51.4. The van der Waals surface area contributed by atoms with E-state index in [1.807, 2.05) is 176 Å². The number of hydrogen-bond donors (Lipinski definition) is 1. The van der Waals surface area contributed by atoms with Crippen LogP contribution in [0.1, 0.15) is 47.1 Å². The average Bonchev–Trinajstić information content (AvgIpc) is 1.76. The molecule has 1 saturated heterocycles. The maximum Gasteiger partial charge on any atom is 0.569 e. The number of pyridine rings is 5. The summed E-state index contributed by atoms with van der Waals surface area (Å²) in [5.41, 5.74) is 17.6. The zero-order valence-corrected chi connectivity index (χ0v) is 56.2. The third-order valence-corrected chi connectivity index (χ3v) is 16.0. The summed E-state index contributed by atoms with van der Waals surface area (Å²) in [6.07, 6.45) is 5.83. The molecule has 0 atom stereocenters. The van der Waals surface area contributed by atoms with E-state index < -0.39 is 0 Å². The number of rotatable bonds is 11. The number of nitrogens with zero attached hydrogens (tertiary/aromatic N) is 5. The van der Waals surface area contributed by atoms with Gasteiger partial charge in [0.2, 0.25) is 0 Å². The highest BCUT2D eigenvalue weighted by molar-refractivity contribution is 9.11. The minimum atomic E-state index is -0.256. The summed E-state index contributed by atoms with van der Waals surface area (Å²) in [4.78, 5) is 22.4. The molecule has 0 saturated carbocycles. The Morgan fingerprint density at radius 1 is 0.407 bits per heavy atom. The molecule has 9 nitrogen and oxygen atoms in total. The van der Waals surface area contributed by atoms with Gasteiger partial charge in [0.05, 0.1) is 39.7 Å². The first-order chi connectivity index (χ1) is 44.1. The molecule has 0 unspecified atom stereocenters. The lowest BCUT2D eigenvalue weighted by molar-refractivity contribution is 0.00578. The van der Waals surface area contributed by atoms with Crippen molar-refractivity contribution in [1.82, 2.24) is 24.9 Å². The number of halogens is 3.